The van der Waals surface area contributed by atoms with Crippen molar-refractivity contribution < 1.29 is 19.1 Å². The molecule has 0 spiro atoms. The van der Waals surface area contributed by atoms with E-state index in [0.29, 0.717) is 33.0 Å². The number of para-hydroxylation sites is 1. The van der Waals surface area contributed by atoms with E-state index in [2.05, 4.69) is 5.32 Å². The Hall–Kier alpha value is -3.62. The van der Waals surface area contributed by atoms with Crippen LogP contribution in [0.3, 0.4) is 0 Å². The molecule has 1 saturated heterocycles. The Morgan fingerprint density at radius 2 is 1.83 bits per heavy atom. The zero-order valence-electron chi connectivity index (χ0n) is 20.2. The quantitative estimate of drug-likeness (QED) is 0.286. The molecular formula is C28H26N2O4S2. The number of carbonyl (C=O) groups excluding carboxylic acids is 2. The van der Waals surface area contributed by atoms with Crippen molar-refractivity contribution in [3.05, 3.63) is 88.3 Å². The number of nitrogens with zero attached hydrogens (tertiary/aromatic N) is 1. The monoisotopic (exact) mass is 518 g/mol. The second-order valence-electron chi connectivity index (χ2n) is 8.15. The zero-order chi connectivity index (χ0) is 25.7. The van der Waals surface area contributed by atoms with Crippen molar-refractivity contribution in [1.82, 2.24) is 0 Å². The van der Waals surface area contributed by atoms with Gasteiger partial charge in [-0.3, -0.25) is 14.5 Å². The lowest BCUT2D eigenvalue weighted by atomic mass is 10.1. The summed E-state index contributed by atoms with van der Waals surface area (Å²) in [6.07, 6.45) is 1.79. The Labute approximate surface area is 220 Å². The Morgan fingerprint density at radius 3 is 2.58 bits per heavy atom. The second kappa shape index (κ2) is 11.4. The summed E-state index contributed by atoms with van der Waals surface area (Å²) in [6, 6.07) is 20.6. The number of thioether (sulfide) groups is 1. The molecule has 184 valence electrons. The Morgan fingerprint density at radius 1 is 1.03 bits per heavy atom. The highest BCUT2D eigenvalue weighted by Gasteiger charge is 2.34. The van der Waals surface area contributed by atoms with Gasteiger partial charge in [-0.1, -0.05) is 60.4 Å². The third kappa shape index (κ3) is 5.95. The fourth-order valence-electron chi connectivity index (χ4n) is 3.71. The standard InChI is InChI=1S/C28H26N2O4S2/c1-4-33-24-15-20(12-13-23(24)34-17-26(31)29-21-10-7-8-18(2)14-21)16-25-27(32)30(28(35)36-25)22-11-6-5-9-19(22)3/h5-16H,4,17H2,1-3H3,(H,29,31)/b25-16-. The number of hydrogen-bond acceptors (Lipinski definition) is 6. The predicted octanol–water partition coefficient (Wildman–Crippen LogP) is 6.13. The summed E-state index contributed by atoms with van der Waals surface area (Å²) in [5, 5.41) is 2.82. The van der Waals surface area contributed by atoms with Crippen molar-refractivity contribution >= 4 is 57.6 Å². The molecule has 1 fully saturated rings. The van der Waals surface area contributed by atoms with Gasteiger partial charge in [0.15, 0.2) is 22.4 Å². The summed E-state index contributed by atoms with van der Waals surface area (Å²) in [4.78, 5) is 27.6. The minimum absolute atomic E-state index is 0.162. The van der Waals surface area contributed by atoms with Crippen LogP contribution in [0.4, 0.5) is 11.4 Å². The van der Waals surface area contributed by atoms with Crippen LogP contribution >= 0.6 is 24.0 Å². The summed E-state index contributed by atoms with van der Waals surface area (Å²) < 4.78 is 12.0. The number of rotatable bonds is 8. The third-order valence-electron chi connectivity index (χ3n) is 5.38. The molecule has 0 atom stereocenters. The van der Waals surface area contributed by atoms with Crippen LogP contribution in [-0.2, 0) is 9.59 Å². The molecular weight excluding hydrogens is 492 g/mol. The number of anilines is 2. The average Bonchev–Trinajstić information content (AvgIpc) is 3.11. The summed E-state index contributed by atoms with van der Waals surface area (Å²) in [7, 11) is 0. The fraction of sp³-hybridized carbons (Fsp3) is 0.179. The van der Waals surface area contributed by atoms with Gasteiger partial charge in [0.1, 0.15) is 0 Å². The molecule has 1 N–H and O–H groups in total. The van der Waals surface area contributed by atoms with Crippen molar-refractivity contribution in [2.75, 3.05) is 23.4 Å². The summed E-state index contributed by atoms with van der Waals surface area (Å²) in [5.41, 5.74) is 4.29. The SMILES string of the molecule is CCOc1cc(/C=C2\SC(=S)N(c3ccccc3C)C2=O)ccc1OCC(=O)Nc1cccc(C)c1. The summed E-state index contributed by atoms with van der Waals surface area (Å²) in [6.45, 7) is 6.04. The molecule has 4 rings (SSSR count). The first-order chi connectivity index (χ1) is 17.4. The fourth-order valence-corrected chi connectivity index (χ4v) is 4.99. The number of thiocarbonyl (C=S) groups is 1. The van der Waals surface area contributed by atoms with E-state index in [1.54, 1.807) is 23.1 Å². The van der Waals surface area contributed by atoms with Crippen LogP contribution in [0.1, 0.15) is 23.6 Å². The van der Waals surface area contributed by atoms with E-state index >= 15 is 0 Å². The lowest BCUT2D eigenvalue weighted by Crippen LogP contribution is -2.28. The first-order valence-electron chi connectivity index (χ1n) is 11.5. The Kier molecular flexibility index (Phi) is 8.07. The molecule has 36 heavy (non-hydrogen) atoms. The van der Waals surface area contributed by atoms with E-state index in [-0.39, 0.29) is 18.4 Å². The topological polar surface area (TPSA) is 67.9 Å². The lowest BCUT2D eigenvalue weighted by Gasteiger charge is -2.16. The van der Waals surface area contributed by atoms with Crippen molar-refractivity contribution in [1.29, 1.82) is 0 Å². The van der Waals surface area contributed by atoms with Crippen LogP contribution in [0.15, 0.2) is 71.6 Å². The van der Waals surface area contributed by atoms with Gasteiger partial charge in [0, 0.05) is 5.69 Å². The molecule has 0 aliphatic carbocycles. The number of hydrogen-bond donors (Lipinski definition) is 1. The van der Waals surface area contributed by atoms with E-state index in [4.69, 9.17) is 21.7 Å². The van der Waals surface area contributed by atoms with Crippen LogP contribution in [-0.4, -0.2) is 29.3 Å². The van der Waals surface area contributed by atoms with E-state index in [1.807, 2.05) is 75.4 Å². The van der Waals surface area contributed by atoms with E-state index in [9.17, 15) is 9.59 Å². The maximum atomic E-state index is 13.1. The molecule has 0 radical (unpaired) electrons. The van der Waals surface area contributed by atoms with Crippen LogP contribution < -0.4 is 19.7 Å². The molecule has 0 bridgehead atoms. The largest absolute Gasteiger partial charge is 0.490 e. The third-order valence-corrected chi connectivity index (χ3v) is 6.68. The minimum atomic E-state index is -0.271. The number of carbonyl (C=O) groups is 2. The molecule has 0 aromatic heterocycles. The molecule has 3 aromatic rings. The van der Waals surface area contributed by atoms with Gasteiger partial charge < -0.3 is 14.8 Å². The van der Waals surface area contributed by atoms with Gasteiger partial charge in [0.05, 0.1) is 17.2 Å². The van der Waals surface area contributed by atoms with Gasteiger partial charge in [-0.2, -0.15) is 0 Å². The highest BCUT2D eigenvalue weighted by Crippen LogP contribution is 2.38. The molecule has 2 amide bonds. The second-order valence-corrected chi connectivity index (χ2v) is 9.82. The van der Waals surface area contributed by atoms with Gasteiger partial charge in [0.2, 0.25) is 0 Å². The highest BCUT2D eigenvalue weighted by molar-refractivity contribution is 8.27. The van der Waals surface area contributed by atoms with E-state index in [1.165, 1.54) is 11.8 Å². The molecule has 6 nitrogen and oxygen atoms in total. The van der Waals surface area contributed by atoms with Crippen molar-refractivity contribution in [3.63, 3.8) is 0 Å². The van der Waals surface area contributed by atoms with E-state index in [0.717, 1.165) is 22.4 Å². The number of ether oxygens (including phenoxy) is 2. The van der Waals surface area contributed by atoms with Gasteiger partial charge in [-0.25, -0.2) is 0 Å². The first kappa shape index (κ1) is 25.5. The average molecular weight is 519 g/mol. The minimum Gasteiger partial charge on any atom is -0.490 e. The van der Waals surface area contributed by atoms with Gasteiger partial charge in [-0.15, -0.1) is 0 Å². The number of aryl methyl sites for hydroxylation is 2. The molecule has 3 aromatic carbocycles. The van der Waals surface area contributed by atoms with Crippen molar-refractivity contribution in [2.24, 2.45) is 0 Å². The lowest BCUT2D eigenvalue weighted by molar-refractivity contribution is -0.118. The summed E-state index contributed by atoms with van der Waals surface area (Å²) >= 11 is 6.76. The highest BCUT2D eigenvalue weighted by atomic mass is 32.2. The van der Waals surface area contributed by atoms with Crippen LogP contribution in [0.2, 0.25) is 0 Å². The molecule has 8 heteroatoms. The van der Waals surface area contributed by atoms with Crippen LogP contribution in [0, 0.1) is 13.8 Å². The van der Waals surface area contributed by atoms with Gasteiger partial charge in [-0.05, 0) is 73.9 Å². The van der Waals surface area contributed by atoms with Gasteiger partial charge in [0.25, 0.3) is 11.8 Å². The normalized spacial score (nSPS) is 14.3. The zero-order valence-corrected chi connectivity index (χ0v) is 21.9. The number of nitrogens with one attached hydrogen (secondary N) is 1. The first-order valence-corrected chi connectivity index (χ1v) is 12.7. The molecule has 1 aliphatic rings. The molecule has 1 aliphatic heterocycles. The Balaban J connectivity index is 1.48. The summed E-state index contributed by atoms with van der Waals surface area (Å²) in [5.74, 6) is 0.502. The number of amides is 2. The van der Waals surface area contributed by atoms with Gasteiger partial charge >= 0.3 is 0 Å². The van der Waals surface area contributed by atoms with E-state index < -0.39 is 0 Å². The Bertz CT molecular complexity index is 1350. The van der Waals surface area contributed by atoms with Crippen molar-refractivity contribution in [2.45, 2.75) is 20.8 Å². The smallest absolute Gasteiger partial charge is 0.270 e. The molecule has 0 saturated carbocycles. The molecule has 1 heterocycles. The van der Waals surface area contributed by atoms with Crippen molar-refractivity contribution in [3.8, 4) is 11.5 Å². The number of benzene rings is 3. The predicted molar refractivity (Wildman–Crippen MR) is 150 cm³/mol. The van der Waals surface area contributed by atoms with Crippen LogP contribution in [0.25, 0.3) is 6.08 Å². The molecule has 0 unspecified atom stereocenters. The maximum absolute atomic E-state index is 13.1. The maximum Gasteiger partial charge on any atom is 0.270 e. The van der Waals surface area contributed by atoms with Crippen LogP contribution in [0.5, 0.6) is 11.5 Å².